The highest BCUT2D eigenvalue weighted by atomic mass is 127. The summed E-state index contributed by atoms with van der Waals surface area (Å²) in [5.41, 5.74) is 4.30. The third-order valence-electron chi connectivity index (χ3n) is 3.00. The first-order valence-electron chi connectivity index (χ1n) is 5.60. The lowest BCUT2D eigenvalue weighted by Gasteiger charge is -2.16. The van der Waals surface area contributed by atoms with Crippen LogP contribution in [0.25, 0.3) is 0 Å². The first-order chi connectivity index (χ1) is 8.11. The second kappa shape index (κ2) is 5.19. The van der Waals surface area contributed by atoms with E-state index in [1.165, 1.54) is 5.56 Å². The van der Waals surface area contributed by atoms with Gasteiger partial charge in [-0.2, -0.15) is 0 Å². The summed E-state index contributed by atoms with van der Waals surface area (Å²) in [6, 6.07) is 14.0. The third kappa shape index (κ3) is 2.53. The molecule has 2 aromatic carbocycles. The van der Waals surface area contributed by atoms with E-state index in [2.05, 4.69) is 35.6 Å². The molecule has 1 N–H and O–H groups in total. The van der Waals surface area contributed by atoms with E-state index in [4.69, 9.17) is 0 Å². The molecule has 0 saturated carbocycles. The molecule has 17 heavy (non-hydrogen) atoms. The highest BCUT2D eigenvalue weighted by Crippen LogP contribution is 2.29. The Bertz CT molecular complexity index is 534. The van der Waals surface area contributed by atoms with Crippen molar-refractivity contribution in [3.8, 4) is 0 Å². The van der Waals surface area contributed by atoms with Gasteiger partial charge in [-0.05, 0) is 58.7 Å². The Kier molecular flexibility index (Phi) is 3.84. The molecule has 2 rings (SSSR count). The predicted molar refractivity (Wildman–Crippen MR) is 79.1 cm³/mol. The van der Waals surface area contributed by atoms with Crippen LogP contribution in [0.2, 0.25) is 0 Å². The van der Waals surface area contributed by atoms with Crippen molar-refractivity contribution in [1.82, 2.24) is 0 Å². The molecule has 0 aliphatic carbocycles. The molecule has 0 bridgehead atoms. The number of aliphatic hydroxyl groups excluding tert-OH is 1. The maximum absolute atomic E-state index is 10.5. The molecule has 1 nitrogen and oxygen atoms in total. The molecule has 1 unspecified atom stereocenters. The van der Waals surface area contributed by atoms with Crippen molar-refractivity contribution in [1.29, 1.82) is 0 Å². The molecule has 0 amide bonds. The van der Waals surface area contributed by atoms with E-state index in [9.17, 15) is 5.11 Å². The van der Waals surface area contributed by atoms with Gasteiger partial charge in [-0.15, -0.1) is 0 Å². The molecule has 0 heterocycles. The number of benzene rings is 2. The van der Waals surface area contributed by atoms with Crippen molar-refractivity contribution in [2.75, 3.05) is 0 Å². The highest BCUT2D eigenvalue weighted by molar-refractivity contribution is 14.1. The van der Waals surface area contributed by atoms with Gasteiger partial charge in [0.05, 0.1) is 0 Å². The number of aryl methyl sites for hydroxylation is 2. The normalized spacial score (nSPS) is 12.5. The van der Waals surface area contributed by atoms with Gasteiger partial charge in [0.25, 0.3) is 0 Å². The summed E-state index contributed by atoms with van der Waals surface area (Å²) in [7, 11) is 0. The van der Waals surface area contributed by atoms with Crippen LogP contribution >= 0.6 is 22.6 Å². The molecule has 0 fully saturated rings. The average molecular weight is 338 g/mol. The van der Waals surface area contributed by atoms with Gasteiger partial charge in [-0.1, -0.05) is 42.5 Å². The predicted octanol–water partition coefficient (Wildman–Crippen LogP) is 3.99. The van der Waals surface area contributed by atoms with Crippen molar-refractivity contribution in [2.24, 2.45) is 0 Å². The zero-order valence-electron chi connectivity index (χ0n) is 9.94. The maximum Gasteiger partial charge on any atom is 0.105 e. The summed E-state index contributed by atoms with van der Waals surface area (Å²) < 4.78 is 1.14. The van der Waals surface area contributed by atoms with Crippen molar-refractivity contribution < 1.29 is 5.11 Å². The number of halogens is 1. The molecule has 0 spiro atoms. The fourth-order valence-electron chi connectivity index (χ4n) is 1.94. The topological polar surface area (TPSA) is 20.2 Å². The maximum atomic E-state index is 10.5. The molecule has 1 atom stereocenters. The van der Waals surface area contributed by atoms with E-state index in [-0.39, 0.29) is 0 Å². The number of rotatable bonds is 2. The summed E-state index contributed by atoms with van der Waals surface area (Å²) in [5, 5.41) is 10.5. The smallest absolute Gasteiger partial charge is 0.105 e. The average Bonchev–Trinajstić information content (AvgIpc) is 2.32. The van der Waals surface area contributed by atoms with Gasteiger partial charge in [0.2, 0.25) is 0 Å². The first kappa shape index (κ1) is 12.6. The molecule has 2 heteroatoms. The largest absolute Gasteiger partial charge is 0.384 e. The molecule has 0 aliphatic heterocycles. The van der Waals surface area contributed by atoms with Gasteiger partial charge in [0, 0.05) is 3.57 Å². The quantitative estimate of drug-likeness (QED) is 0.821. The summed E-state index contributed by atoms with van der Waals surface area (Å²) >= 11 is 2.30. The molecule has 0 aromatic heterocycles. The fraction of sp³-hybridized carbons (Fsp3) is 0.200. The minimum absolute atomic E-state index is 0.539. The van der Waals surface area contributed by atoms with E-state index >= 15 is 0 Å². The minimum Gasteiger partial charge on any atom is -0.384 e. The van der Waals surface area contributed by atoms with Crippen LogP contribution < -0.4 is 0 Å². The number of aliphatic hydroxyl groups is 1. The molecular formula is C15H15IO. The van der Waals surface area contributed by atoms with E-state index in [1.807, 2.05) is 43.3 Å². The Balaban J connectivity index is 2.48. The molecule has 0 saturated heterocycles. The Labute approximate surface area is 116 Å². The van der Waals surface area contributed by atoms with Gasteiger partial charge in [-0.3, -0.25) is 0 Å². The SMILES string of the molecule is Cc1ccccc1C(O)c1cccc(C)c1I. The zero-order chi connectivity index (χ0) is 12.4. The van der Waals surface area contributed by atoms with Gasteiger partial charge < -0.3 is 5.11 Å². The lowest BCUT2D eigenvalue weighted by Crippen LogP contribution is -2.04. The Morgan fingerprint density at radius 1 is 0.882 bits per heavy atom. The van der Waals surface area contributed by atoms with Gasteiger partial charge in [0.15, 0.2) is 0 Å². The van der Waals surface area contributed by atoms with Gasteiger partial charge in [-0.25, -0.2) is 0 Å². The molecule has 0 radical (unpaired) electrons. The first-order valence-corrected chi connectivity index (χ1v) is 6.67. The Morgan fingerprint density at radius 2 is 1.47 bits per heavy atom. The van der Waals surface area contributed by atoms with Gasteiger partial charge >= 0.3 is 0 Å². The van der Waals surface area contributed by atoms with Crippen molar-refractivity contribution in [3.63, 3.8) is 0 Å². The summed E-state index contributed by atoms with van der Waals surface area (Å²) in [6.45, 7) is 4.09. The van der Waals surface area contributed by atoms with Crippen molar-refractivity contribution >= 4 is 22.6 Å². The van der Waals surface area contributed by atoms with E-state index in [0.29, 0.717) is 0 Å². The molecule has 0 aliphatic rings. The lowest BCUT2D eigenvalue weighted by atomic mass is 9.97. The minimum atomic E-state index is -0.539. The Morgan fingerprint density at radius 3 is 2.18 bits per heavy atom. The summed E-state index contributed by atoms with van der Waals surface area (Å²) in [6.07, 6.45) is -0.539. The standard InChI is InChI=1S/C15H15IO/c1-10-6-3-4-8-12(10)15(17)13-9-5-7-11(2)14(13)16/h3-9,15,17H,1-2H3. The Hall–Kier alpha value is -0.870. The van der Waals surface area contributed by atoms with E-state index in [1.54, 1.807) is 0 Å². The molecular weight excluding hydrogens is 323 g/mol. The molecule has 88 valence electrons. The van der Waals surface area contributed by atoms with Crippen LogP contribution in [0.15, 0.2) is 42.5 Å². The van der Waals surface area contributed by atoms with Crippen LogP contribution in [0.3, 0.4) is 0 Å². The second-order valence-corrected chi connectivity index (χ2v) is 5.32. The highest BCUT2D eigenvalue weighted by Gasteiger charge is 2.15. The van der Waals surface area contributed by atoms with Gasteiger partial charge in [0.1, 0.15) is 6.10 Å². The van der Waals surface area contributed by atoms with Crippen LogP contribution in [0, 0.1) is 17.4 Å². The van der Waals surface area contributed by atoms with Crippen LogP contribution in [0.5, 0.6) is 0 Å². The van der Waals surface area contributed by atoms with Crippen LogP contribution in [0.4, 0.5) is 0 Å². The fourth-order valence-corrected chi connectivity index (χ4v) is 2.60. The van der Waals surface area contributed by atoms with E-state index in [0.717, 1.165) is 20.3 Å². The van der Waals surface area contributed by atoms with Crippen LogP contribution in [-0.4, -0.2) is 5.11 Å². The number of hydrogen-bond acceptors (Lipinski definition) is 1. The lowest BCUT2D eigenvalue weighted by molar-refractivity contribution is 0.218. The summed E-state index contributed by atoms with van der Waals surface area (Å²) in [4.78, 5) is 0. The number of hydrogen-bond donors (Lipinski definition) is 1. The summed E-state index contributed by atoms with van der Waals surface area (Å²) in [5.74, 6) is 0. The second-order valence-electron chi connectivity index (χ2n) is 4.24. The monoisotopic (exact) mass is 338 g/mol. The molecule has 2 aromatic rings. The zero-order valence-corrected chi connectivity index (χ0v) is 12.1. The van der Waals surface area contributed by atoms with E-state index < -0.39 is 6.10 Å². The van der Waals surface area contributed by atoms with Crippen molar-refractivity contribution in [3.05, 3.63) is 68.3 Å². The van der Waals surface area contributed by atoms with Crippen molar-refractivity contribution in [2.45, 2.75) is 20.0 Å². The van der Waals surface area contributed by atoms with Crippen LogP contribution in [-0.2, 0) is 0 Å². The third-order valence-corrected chi connectivity index (χ3v) is 4.47. The van der Waals surface area contributed by atoms with Crippen LogP contribution in [0.1, 0.15) is 28.4 Å².